The predicted molar refractivity (Wildman–Crippen MR) is 32.2 cm³/mol. The highest BCUT2D eigenvalue weighted by Gasteiger charge is 2.01. The second kappa shape index (κ2) is 2.35. The van der Waals surface area contributed by atoms with Gasteiger partial charge < -0.3 is 5.73 Å². The van der Waals surface area contributed by atoms with Crippen LogP contribution in [0.3, 0.4) is 0 Å². The summed E-state index contributed by atoms with van der Waals surface area (Å²) < 4.78 is 13.4. The van der Waals surface area contributed by atoms with Crippen LogP contribution in [-0.4, -0.2) is 9.78 Å². The van der Waals surface area contributed by atoms with Gasteiger partial charge in [0.1, 0.15) is 12.2 Å². The molecule has 0 aromatic carbocycles. The van der Waals surface area contributed by atoms with Crippen LogP contribution in [0.25, 0.3) is 0 Å². The Hall–Kier alpha value is -1.57. The van der Waals surface area contributed by atoms with E-state index in [0.717, 1.165) is 4.68 Å². The Kier molecular flexibility index (Phi) is 1.54. The molecule has 0 amide bonds. The normalized spacial score (nSPS) is 9.20. The quantitative estimate of drug-likeness (QED) is 0.602. The average molecular weight is 140 g/mol. The first-order valence-corrected chi connectivity index (χ1v) is 2.59. The fraction of sp³-hybridized carbons (Fsp3) is 0.200. The first-order valence-electron chi connectivity index (χ1n) is 2.59. The van der Waals surface area contributed by atoms with Crippen molar-refractivity contribution in [1.82, 2.24) is 9.78 Å². The summed E-state index contributed by atoms with van der Waals surface area (Å²) in [6.07, 6.45) is 1.28. The molecule has 0 saturated heterocycles. The summed E-state index contributed by atoms with van der Waals surface area (Å²) in [5.74, 6) is -0.727. The van der Waals surface area contributed by atoms with Crippen LogP contribution in [0.2, 0.25) is 0 Å². The molecular formula is C5H5FN4. The molecule has 1 rings (SSSR count). The number of nitriles is 1. The molecule has 1 aromatic rings. The van der Waals surface area contributed by atoms with E-state index in [0.29, 0.717) is 0 Å². The molecule has 4 nitrogen and oxygen atoms in total. The topological polar surface area (TPSA) is 67.6 Å². The molecule has 0 aliphatic carbocycles. The highest BCUT2D eigenvalue weighted by Crippen LogP contribution is 2.04. The van der Waals surface area contributed by atoms with Crippen molar-refractivity contribution in [2.75, 3.05) is 5.73 Å². The lowest BCUT2D eigenvalue weighted by atomic mass is 10.6. The SMILES string of the molecule is N#CCn1cc(N)c(F)n1. The zero-order valence-electron chi connectivity index (χ0n) is 5.08. The van der Waals surface area contributed by atoms with Gasteiger partial charge in [-0.1, -0.05) is 0 Å². The minimum atomic E-state index is -0.727. The molecule has 2 N–H and O–H groups in total. The van der Waals surface area contributed by atoms with Gasteiger partial charge in [-0.2, -0.15) is 9.65 Å². The van der Waals surface area contributed by atoms with Crippen LogP contribution in [0.5, 0.6) is 0 Å². The molecular weight excluding hydrogens is 135 g/mol. The Labute approximate surface area is 56.7 Å². The van der Waals surface area contributed by atoms with Crippen molar-refractivity contribution in [3.63, 3.8) is 0 Å². The lowest BCUT2D eigenvalue weighted by Crippen LogP contribution is -1.95. The molecule has 0 aliphatic rings. The first-order chi connectivity index (χ1) is 4.74. The van der Waals surface area contributed by atoms with E-state index in [2.05, 4.69) is 5.10 Å². The number of nitrogens with two attached hydrogens (primary N) is 1. The number of hydrogen-bond acceptors (Lipinski definition) is 3. The standard InChI is InChI=1S/C5H5FN4/c6-5-4(8)3-10(9-5)2-1-7/h3H,2,8H2. The van der Waals surface area contributed by atoms with E-state index >= 15 is 0 Å². The van der Waals surface area contributed by atoms with Crippen molar-refractivity contribution in [1.29, 1.82) is 5.26 Å². The Balaban J connectivity index is 2.90. The number of hydrogen-bond donors (Lipinski definition) is 1. The van der Waals surface area contributed by atoms with Crippen molar-refractivity contribution in [3.8, 4) is 6.07 Å². The van der Waals surface area contributed by atoms with Gasteiger partial charge in [0.25, 0.3) is 5.95 Å². The Morgan fingerprint density at radius 1 is 1.90 bits per heavy atom. The number of aromatic nitrogens is 2. The van der Waals surface area contributed by atoms with Crippen molar-refractivity contribution in [2.24, 2.45) is 0 Å². The number of nitrogen functional groups attached to an aromatic ring is 1. The molecule has 52 valence electrons. The van der Waals surface area contributed by atoms with E-state index in [4.69, 9.17) is 11.0 Å². The molecule has 1 aromatic heterocycles. The Bertz CT molecular complexity index is 252. The molecule has 0 atom stereocenters. The molecule has 10 heavy (non-hydrogen) atoms. The van der Waals surface area contributed by atoms with E-state index in [1.165, 1.54) is 6.20 Å². The summed E-state index contributed by atoms with van der Waals surface area (Å²) in [7, 11) is 0. The monoisotopic (exact) mass is 140 g/mol. The van der Waals surface area contributed by atoms with Crippen LogP contribution in [0.15, 0.2) is 6.20 Å². The minimum absolute atomic E-state index is 0.0219. The van der Waals surface area contributed by atoms with Crippen LogP contribution in [-0.2, 0) is 6.54 Å². The summed E-state index contributed by atoms with van der Waals surface area (Å²) in [6.45, 7) is 0.0219. The maximum atomic E-state index is 12.3. The largest absolute Gasteiger partial charge is 0.394 e. The molecule has 0 spiro atoms. The molecule has 0 fully saturated rings. The fourth-order valence-electron chi connectivity index (χ4n) is 0.567. The molecule has 0 bridgehead atoms. The summed E-state index contributed by atoms with van der Waals surface area (Å²) in [6, 6.07) is 1.80. The van der Waals surface area contributed by atoms with Crippen LogP contribution in [0.1, 0.15) is 0 Å². The average Bonchev–Trinajstić information content (AvgIpc) is 2.14. The van der Waals surface area contributed by atoms with E-state index in [9.17, 15) is 4.39 Å². The van der Waals surface area contributed by atoms with E-state index in [1.54, 1.807) is 6.07 Å². The van der Waals surface area contributed by atoms with E-state index in [-0.39, 0.29) is 12.2 Å². The molecule has 0 unspecified atom stereocenters. The maximum absolute atomic E-state index is 12.3. The highest BCUT2D eigenvalue weighted by atomic mass is 19.1. The van der Waals surface area contributed by atoms with Gasteiger partial charge in [-0.25, -0.2) is 0 Å². The summed E-state index contributed by atoms with van der Waals surface area (Å²) in [4.78, 5) is 0. The van der Waals surface area contributed by atoms with E-state index in [1.807, 2.05) is 0 Å². The Morgan fingerprint density at radius 2 is 2.60 bits per heavy atom. The number of nitrogens with zero attached hydrogens (tertiary/aromatic N) is 3. The third-order valence-corrected chi connectivity index (χ3v) is 0.975. The molecule has 0 radical (unpaired) electrons. The first kappa shape index (κ1) is 6.55. The smallest absolute Gasteiger partial charge is 0.255 e. The van der Waals surface area contributed by atoms with Gasteiger partial charge in [0.05, 0.1) is 12.3 Å². The van der Waals surface area contributed by atoms with Crippen molar-refractivity contribution >= 4 is 5.69 Å². The van der Waals surface area contributed by atoms with Gasteiger partial charge >= 0.3 is 0 Å². The van der Waals surface area contributed by atoms with E-state index < -0.39 is 5.95 Å². The summed E-state index contributed by atoms with van der Waals surface area (Å²) >= 11 is 0. The zero-order chi connectivity index (χ0) is 7.56. The van der Waals surface area contributed by atoms with Gasteiger partial charge in [0.2, 0.25) is 0 Å². The van der Waals surface area contributed by atoms with Gasteiger partial charge in [0.15, 0.2) is 0 Å². The third-order valence-electron chi connectivity index (χ3n) is 0.975. The Morgan fingerprint density at radius 3 is 3.00 bits per heavy atom. The highest BCUT2D eigenvalue weighted by molar-refractivity contribution is 5.32. The van der Waals surface area contributed by atoms with Gasteiger partial charge in [-0.05, 0) is 0 Å². The van der Waals surface area contributed by atoms with Crippen LogP contribution in [0.4, 0.5) is 10.1 Å². The second-order valence-electron chi connectivity index (χ2n) is 1.73. The summed E-state index contributed by atoms with van der Waals surface area (Å²) in [5, 5.41) is 11.4. The fourth-order valence-corrected chi connectivity index (χ4v) is 0.567. The number of anilines is 1. The molecule has 5 heteroatoms. The molecule has 0 saturated carbocycles. The zero-order valence-corrected chi connectivity index (χ0v) is 5.08. The van der Waals surface area contributed by atoms with Crippen LogP contribution >= 0.6 is 0 Å². The number of halogens is 1. The van der Waals surface area contributed by atoms with Gasteiger partial charge in [0, 0.05) is 0 Å². The third kappa shape index (κ3) is 1.05. The summed E-state index contributed by atoms with van der Waals surface area (Å²) in [5.41, 5.74) is 5.07. The molecule has 1 heterocycles. The predicted octanol–water partition coefficient (Wildman–Crippen LogP) is 0.128. The number of rotatable bonds is 1. The minimum Gasteiger partial charge on any atom is -0.394 e. The van der Waals surface area contributed by atoms with Crippen molar-refractivity contribution in [3.05, 3.63) is 12.1 Å². The molecule has 0 aliphatic heterocycles. The van der Waals surface area contributed by atoms with Crippen LogP contribution in [0, 0.1) is 17.3 Å². The van der Waals surface area contributed by atoms with Gasteiger partial charge in [-0.3, -0.25) is 4.68 Å². The lowest BCUT2D eigenvalue weighted by molar-refractivity contribution is 0.547. The van der Waals surface area contributed by atoms with Crippen LogP contribution < -0.4 is 5.73 Å². The van der Waals surface area contributed by atoms with Crippen molar-refractivity contribution < 1.29 is 4.39 Å². The lowest BCUT2D eigenvalue weighted by Gasteiger charge is -1.85. The van der Waals surface area contributed by atoms with Crippen molar-refractivity contribution in [2.45, 2.75) is 6.54 Å². The van der Waals surface area contributed by atoms with Gasteiger partial charge in [-0.15, -0.1) is 5.10 Å². The maximum Gasteiger partial charge on any atom is 0.255 e. The second-order valence-corrected chi connectivity index (χ2v) is 1.73.